The quantitative estimate of drug-likeness (QED) is 0.137. The van der Waals surface area contributed by atoms with Crippen LogP contribution in [0.2, 0.25) is 0 Å². The van der Waals surface area contributed by atoms with E-state index in [1.54, 1.807) is 0 Å². The highest BCUT2D eigenvalue weighted by Gasteiger charge is 2.52. The van der Waals surface area contributed by atoms with E-state index in [9.17, 15) is 0 Å². The highest BCUT2D eigenvalue weighted by molar-refractivity contribution is 6.62. The number of rotatable bonds is 9. The summed E-state index contributed by atoms with van der Waals surface area (Å²) >= 11 is 0. The van der Waals surface area contributed by atoms with Gasteiger partial charge in [0, 0.05) is 34.1 Å². The van der Waals surface area contributed by atoms with Gasteiger partial charge < -0.3 is 28.4 Å². The summed E-state index contributed by atoms with van der Waals surface area (Å²) < 4.78 is 25.4. The van der Waals surface area contributed by atoms with Gasteiger partial charge in [0.05, 0.1) is 22.4 Å². The molecule has 0 bridgehead atoms. The fraction of sp³-hybridized carbons (Fsp3) is 0.280. The van der Waals surface area contributed by atoms with Crippen LogP contribution in [0.15, 0.2) is 146 Å². The Labute approximate surface area is 346 Å². The molecular weight excluding hydrogens is 714 g/mol. The van der Waals surface area contributed by atoms with E-state index in [2.05, 4.69) is 225 Å². The molecule has 6 aromatic rings. The molecule has 0 N–H and O–H groups in total. The van der Waals surface area contributed by atoms with Gasteiger partial charge in [-0.15, -0.1) is 0 Å². The molecule has 0 aromatic heterocycles. The normalized spacial score (nSPS) is 17.7. The molecule has 0 unspecified atom stereocenters. The Balaban J connectivity index is 1.06. The summed E-state index contributed by atoms with van der Waals surface area (Å²) in [5.74, 6) is 0. The van der Waals surface area contributed by atoms with Crippen LogP contribution in [0, 0.1) is 13.8 Å². The molecule has 6 nitrogen and oxygen atoms in total. The largest absolute Gasteiger partial charge is 0.494 e. The molecule has 0 radical (unpaired) electrons. The lowest BCUT2D eigenvalue weighted by molar-refractivity contribution is 0.00578. The maximum atomic E-state index is 6.34. The third-order valence-electron chi connectivity index (χ3n) is 12.5. The SMILES string of the molecule is Cc1ccc(N(c2ccc(B3OC(C)(C)C(C)(C)O3)cc2)c2ccc(-c3ccc(N(c4ccc(C)cc4)c4ccc(B5OC(C)(C)C(C)(C)O5)cc4)cc3)cc2)cc1. The lowest BCUT2D eigenvalue weighted by atomic mass is 9.79. The van der Waals surface area contributed by atoms with Crippen molar-refractivity contribution in [1.82, 2.24) is 0 Å². The minimum atomic E-state index is -0.408. The van der Waals surface area contributed by atoms with E-state index in [4.69, 9.17) is 18.6 Å². The van der Waals surface area contributed by atoms with Crippen molar-refractivity contribution in [2.45, 2.75) is 91.6 Å². The Bertz CT molecular complexity index is 2150. The predicted octanol–water partition coefficient (Wildman–Crippen LogP) is 11.5. The first-order chi connectivity index (χ1) is 27.5. The highest BCUT2D eigenvalue weighted by atomic mass is 16.7. The summed E-state index contributed by atoms with van der Waals surface area (Å²) in [7, 11) is -0.816. The van der Waals surface area contributed by atoms with Gasteiger partial charge in [0.15, 0.2) is 0 Å². The lowest BCUT2D eigenvalue weighted by Crippen LogP contribution is -2.41. The lowest BCUT2D eigenvalue weighted by Gasteiger charge is -2.32. The van der Waals surface area contributed by atoms with Crippen molar-refractivity contribution in [2.24, 2.45) is 0 Å². The summed E-state index contributed by atoms with van der Waals surface area (Å²) in [4.78, 5) is 4.58. The summed E-state index contributed by atoms with van der Waals surface area (Å²) in [6.07, 6.45) is 0. The average Bonchev–Trinajstić information content (AvgIpc) is 3.56. The zero-order valence-corrected chi connectivity index (χ0v) is 35.5. The van der Waals surface area contributed by atoms with Gasteiger partial charge in [0.2, 0.25) is 0 Å². The molecule has 0 atom stereocenters. The van der Waals surface area contributed by atoms with Gasteiger partial charge >= 0.3 is 14.2 Å². The predicted molar refractivity (Wildman–Crippen MR) is 242 cm³/mol. The summed E-state index contributed by atoms with van der Waals surface area (Å²) in [6.45, 7) is 20.9. The second kappa shape index (κ2) is 14.9. The molecule has 8 rings (SSSR count). The number of nitrogens with zero attached hydrogens (tertiary/aromatic N) is 2. The Morgan fingerprint density at radius 3 is 0.759 bits per heavy atom. The standard InChI is InChI=1S/C50H54B2N2O4/c1-35-11-23-41(24-12-35)53(45-31-19-39(20-32-45)51-55-47(3,4)48(5,6)56-51)43-27-15-37(16-28-43)38-17-29-44(30-18-38)54(42-25-13-36(2)14-26-42)46-33-21-40(22-34-46)52-57-49(7,8)50(9,10)58-52/h11-34H,1-10H3. The molecule has 2 aliphatic heterocycles. The minimum Gasteiger partial charge on any atom is -0.399 e. The van der Waals surface area contributed by atoms with Crippen LogP contribution < -0.4 is 20.7 Å². The topological polar surface area (TPSA) is 43.4 Å². The van der Waals surface area contributed by atoms with Crippen molar-refractivity contribution in [3.8, 4) is 11.1 Å². The molecule has 2 heterocycles. The maximum absolute atomic E-state index is 6.34. The van der Waals surface area contributed by atoms with E-state index in [0.717, 1.165) is 56.2 Å². The second-order valence-corrected chi connectivity index (χ2v) is 17.8. The van der Waals surface area contributed by atoms with Crippen molar-refractivity contribution in [1.29, 1.82) is 0 Å². The van der Waals surface area contributed by atoms with E-state index < -0.39 is 36.6 Å². The molecule has 0 amide bonds. The van der Waals surface area contributed by atoms with Crippen LogP contribution in [-0.4, -0.2) is 36.6 Å². The fourth-order valence-corrected chi connectivity index (χ4v) is 7.41. The van der Waals surface area contributed by atoms with Crippen molar-refractivity contribution >= 4 is 59.3 Å². The van der Waals surface area contributed by atoms with E-state index in [0.29, 0.717) is 0 Å². The van der Waals surface area contributed by atoms with Crippen LogP contribution >= 0.6 is 0 Å². The highest BCUT2D eigenvalue weighted by Crippen LogP contribution is 2.41. The van der Waals surface area contributed by atoms with E-state index in [-0.39, 0.29) is 0 Å². The second-order valence-electron chi connectivity index (χ2n) is 17.8. The van der Waals surface area contributed by atoms with Crippen LogP contribution in [0.3, 0.4) is 0 Å². The van der Waals surface area contributed by atoms with Gasteiger partial charge in [-0.25, -0.2) is 0 Å². The number of hydrogen-bond donors (Lipinski definition) is 0. The van der Waals surface area contributed by atoms with Crippen LogP contribution in [-0.2, 0) is 18.6 Å². The zero-order chi connectivity index (χ0) is 41.0. The van der Waals surface area contributed by atoms with E-state index in [1.807, 2.05) is 0 Å². The minimum absolute atomic E-state index is 0.393. The van der Waals surface area contributed by atoms with Crippen LogP contribution in [0.1, 0.15) is 66.5 Å². The molecule has 2 saturated heterocycles. The average molecular weight is 769 g/mol. The smallest absolute Gasteiger partial charge is 0.399 e. The van der Waals surface area contributed by atoms with Gasteiger partial charge in [0.1, 0.15) is 0 Å². The molecule has 8 heteroatoms. The third-order valence-corrected chi connectivity index (χ3v) is 12.5. The molecule has 2 aliphatic rings. The van der Waals surface area contributed by atoms with E-state index >= 15 is 0 Å². The number of anilines is 6. The number of benzene rings is 6. The van der Waals surface area contributed by atoms with Crippen LogP contribution in [0.4, 0.5) is 34.1 Å². The molecule has 0 saturated carbocycles. The Morgan fingerprint density at radius 2 is 0.517 bits per heavy atom. The number of hydrogen-bond acceptors (Lipinski definition) is 6. The summed E-state index contributed by atoms with van der Waals surface area (Å²) in [5, 5.41) is 0. The number of aryl methyl sites for hydroxylation is 2. The monoisotopic (exact) mass is 768 g/mol. The van der Waals surface area contributed by atoms with Gasteiger partial charge in [-0.3, -0.25) is 0 Å². The van der Waals surface area contributed by atoms with E-state index in [1.165, 1.54) is 11.1 Å². The van der Waals surface area contributed by atoms with Crippen molar-refractivity contribution in [3.05, 3.63) is 157 Å². The third kappa shape index (κ3) is 7.62. The fourth-order valence-electron chi connectivity index (χ4n) is 7.41. The first-order valence-corrected chi connectivity index (χ1v) is 20.4. The zero-order valence-electron chi connectivity index (χ0n) is 35.5. The molecule has 0 spiro atoms. The Kier molecular flexibility index (Phi) is 10.2. The van der Waals surface area contributed by atoms with Gasteiger partial charge in [-0.2, -0.15) is 0 Å². The first kappa shape index (κ1) is 39.7. The molecule has 294 valence electrons. The van der Waals surface area contributed by atoms with Crippen LogP contribution in [0.5, 0.6) is 0 Å². The van der Waals surface area contributed by atoms with Crippen molar-refractivity contribution in [3.63, 3.8) is 0 Å². The molecular formula is C50H54B2N2O4. The molecule has 0 aliphatic carbocycles. The Morgan fingerprint density at radius 1 is 0.310 bits per heavy atom. The summed E-state index contributed by atoms with van der Waals surface area (Å²) in [6, 6.07) is 52.0. The molecule has 58 heavy (non-hydrogen) atoms. The summed E-state index contributed by atoms with van der Waals surface area (Å²) in [5.41, 5.74) is 11.6. The van der Waals surface area contributed by atoms with Crippen molar-refractivity contribution in [2.75, 3.05) is 9.80 Å². The molecule has 6 aromatic carbocycles. The van der Waals surface area contributed by atoms with Crippen LogP contribution in [0.25, 0.3) is 11.1 Å². The molecule has 2 fully saturated rings. The van der Waals surface area contributed by atoms with Gasteiger partial charge in [-0.1, -0.05) is 83.9 Å². The first-order valence-electron chi connectivity index (χ1n) is 20.4. The van der Waals surface area contributed by atoms with Gasteiger partial charge in [-0.05, 0) is 164 Å². The maximum Gasteiger partial charge on any atom is 0.494 e. The van der Waals surface area contributed by atoms with Gasteiger partial charge in [0.25, 0.3) is 0 Å². The van der Waals surface area contributed by atoms with Crippen molar-refractivity contribution < 1.29 is 18.6 Å². The Hall–Kier alpha value is -5.11.